The van der Waals surface area contributed by atoms with Crippen LogP contribution in [0.4, 0.5) is 0 Å². The van der Waals surface area contributed by atoms with Crippen LogP contribution in [-0.4, -0.2) is 14.4 Å². The van der Waals surface area contributed by atoms with Crippen LogP contribution in [0.1, 0.15) is 84.8 Å². The van der Waals surface area contributed by atoms with Gasteiger partial charge in [0.2, 0.25) is 5.94 Å². The maximum Gasteiger partial charge on any atom is 0.318 e. The zero-order valence-electron chi connectivity index (χ0n) is 15.4. The Bertz CT molecular complexity index is 627. The van der Waals surface area contributed by atoms with Crippen LogP contribution in [0.15, 0.2) is 24.3 Å². The molecule has 0 aliphatic heterocycles. The normalized spacial score (nSPS) is 11.1. The van der Waals surface area contributed by atoms with Crippen LogP contribution in [-0.2, 0) is 20.8 Å². The fourth-order valence-corrected chi connectivity index (χ4v) is 2.97. The Kier molecular flexibility index (Phi) is 16.2. The quantitative estimate of drug-likeness (QED) is 0.332. The first-order chi connectivity index (χ1) is 12.0. The van der Waals surface area contributed by atoms with Crippen molar-refractivity contribution >= 4 is 16.2 Å². The van der Waals surface area contributed by atoms with Crippen molar-refractivity contribution in [3.05, 3.63) is 35.4 Å². The summed E-state index contributed by atoms with van der Waals surface area (Å²) in [5.74, 6) is 4.61. The van der Waals surface area contributed by atoms with E-state index in [4.69, 9.17) is 10.6 Å². The maximum atomic E-state index is 11.3. The Hall–Kier alpha value is -1.37. The largest absolute Gasteiger partial charge is 0.474 e. The Morgan fingerprint density at radius 3 is 2.26 bits per heavy atom. The van der Waals surface area contributed by atoms with Crippen molar-refractivity contribution in [2.45, 2.75) is 80.1 Å². The van der Waals surface area contributed by atoms with Crippen molar-refractivity contribution in [1.29, 1.82) is 0 Å². The third-order valence-electron chi connectivity index (χ3n) is 3.99. The highest BCUT2D eigenvalue weighted by molar-refractivity contribution is 7.86. The highest BCUT2D eigenvalue weighted by Gasteiger charge is 2.12. The van der Waals surface area contributed by atoms with Crippen molar-refractivity contribution in [2.24, 2.45) is 5.90 Å². The third kappa shape index (κ3) is 11.8. The van der Waals surface area contributed by atoms with Gasteiger partial charge in [0.25, 0.3) is 0 Å². The number of benzene rings is 1. The van der Waals surface area contributed by atoms with E-state index in [1.807, 2.05) is 31.2 Å². The van der Waals surface area contributed by atoms with Crippen molar-refractivity contribution in [1.82, 2.24) is 0 Å². The van der Waals surface area contributed by atoms with Crippen LogP contribution in [0.3, 0.4) is 0 Å². The number of nitrogens with two attached hydrogens (primary N) is 1. The van der Waals surface area contributed by atoms with Crippen LogP contribution >= 0.6 is 0 Å². The van der Waals surface area contributed by atoms with E-state index < -0.39 is 16.1 Å². The van der Waals surface area contributed by atoms with Gasteiger partial charge in [-0.05, 0) is 37.5 Å². The predicted molar refractivity (Wildman–Crippen MR) is 116 cm³/mol. The fourth-order valence-electron chi connectivity index (χ4n) is 2.64. The lowest BCUT2D eigenvalue weighted by Crippen LogP contribution is -2.18. The summed E-state index contributed by atoms with van der Waals surface area (Å²) in [7, 11) is -3.86. The van der Waals surface area contributed by atoms with Gasteiger partial charge in [-0.15, -0.1) is 0 Å². The molecule has 0 unspecified atom stereocenters. The number of ether oxygens (including phenoxy) is 1. The number of hydrogen-bond acceptors (Lipinski definition) is 5. The Morgan fingerprint density at radius 2 is 1.67 bits per heavy atom. The number of unbranched alkanes of at least 4 members (excludes halogenated alkanes) is 6. The minimum absolute atomic E-state index is 0. The summed E-state index contributed by atoms with van der Waals surface area (Å²) in [6, 6.07) is 5.83. The van der Waals surface area contributed by atoms with E-state index in [1.54, 1.807) is 6.07 Å². The molecule has 27 heavy (non-hydrogen) atoms. The standard InChI is InChI=1S/C19H31NO4S.2CH4/c1-3-5-6-7-8-9-10-12-17-13-14-19(18(15-17)11-4-2)23-16-25(21,22)24-20;;/h4,11,13-15H,3,5-10,12,16,20H2,1-2H3;2*1H4. The van der Waals surface area contributed by atoms with Gasteiger partial charge in [0.1, 0.15) is 5.75 Å². The Labute approximate surface area is 167 Å². The summed E-state index contributed by atoms with van der Waals surface area (Å²) in [6.45, 7) is 4.14. The van der Waals surface area contributed by atoms with Gasteiger partial charge in [-0.1, -0.05) is 78.5 Å². The monoisotopic (exact) mass is 401 g/mol. The topological polar surface area (TPSA) is 78.6 Å². The first-order valence-electron chi connectivity index (χ1n) is 9.02. The first kappa shape index (κ1) is 27.8. The van der Waals surface area contributed by atoms with Crippen molar-refractivity contribution < 1.29 is 17.4 Å². The Morgan fingerprint density at radius 1 is 1.04 bits per heavy atom. The lowest BCUT2D eigenvalue weighted by molar-refractivity contribution is 0.295. The van der Waals surface area contributed by atoms with Gasteiger partial charge in [-0.2, -0.15) is 18.6 Å². The summed E-state index contributed by atoms with van der Waals surface area (Å²) in [4.78, 5) is 0. The zero-order chi connectivity index (χ0) is 18.5. The van der Waals surface area contributed by atoms with E-state index in [1.165, 1.54) is 44.1 Å². The van der Waals surface area contributed by atoms with Gasteiger partial charge in [-0.25, -0.2) is 0 Å². The molecule has 0 heterocycles. The maximum absolute atomic E-state index is 11.3. The first-order valence-corrected chi connectivity index (χ1v) is 10.6. The van der Waals surface area contributed by atoms with E-state index in [9.17, 15) is 8.42 Å². The average molecular weight is 402 g/mol. The molecule has 2 N–H and O–H groups in total. The van der Waals surface area contributed by atoms with Gasteiger partial charge >= 0.3 is 10.1 Å². The molecule has 0 aromatic heterocycles. The van der Waals surface area contributed by atoms with Crippen LogP contribution in [0.5, 0.6) is 5.75 Å². The zero-order valence-corrected chi connectivity index (χ0v) is 16.2. The molecule has 0 bridgehead atoms. The molecule has 0 radical (unpaired) electrons. The summed E-state index contributed by atoms with van der Waals surface area (Å²) in [6.07, 6.45) is 13.8. The SMILES string of the molecule is C.C.CC=Cc1cc(CCCCCCCCC)ccc1OCS(=O)(=O)ON. The molecule has 0 aliphatic carbocycles. The molecule has 0 atom stereocenters. The van der Waals surface area contributed by atoms with E-state index in [0.717, 1.165) is 18.4 Å². The van der Waals surface area contributed by atoms with E-state index in [2.05, 4.69) is 11.2 Å². The minimum Gasteiger partial charge on any atom is -0.474 e. The van der Waals surface area contributed by atoms with Crippen molar-refractivity contribution in [2.75, 3.05) is 5.94 Å². The smallest absolute Gasteiger partial charge is 0.318 e. The van der Waals surface area contributed by atoms with Crippen LogP contribution < -0.4 is 10.6 Å². The molecule has 0 aliphatic rings. The second-order valence-electron chi connectivity index (χ2n) is 6.16. The number of aryl methyl sites for hydroxylation is 1. The molecule has 0 spiro atoms. The lowest BCUT2D eigenvalue weighted by Gasteiger charge is -2.11. The molecular formula is C21H39NO4S. The second kappa shape index (κ2) is 15.7. The van der Waals surface area contributed by atoms with Crippen LogP contribution in [0.2, 0.25) is 0 Å². The molecule has 1 rings (SSSR count). The fraction of sp³-hybridized carbons (Fsp3) is 0.619. The molecule has 6 heteroatoms. The number of rotatable bonds is 13. The van der Waals surface area contributed by atoms with Gasteiger partial charge in [0, 0.05) is 5.56 Å². The lowest BCUT2D eigenvalue weighted by atomic mass is 10.0. The predicted octanol–water partition coefficient (Wildman–Crippen LogP) is 5.84. The minimum atomic E-state index is -3.86. The third-order valence-corrected chi connectivity index (χ3v) is 4.69. The number of allylic oxidation sites excluding steroid dienone is 1. The van der Waals surface area contributed by atoms with Gasteiger partial charge in [0.05, 0.1) is 0 Å². The highest BCUT2D eigenvalue weighted by Crippen LogP contribution is 2.23. The molecule has 0 amide bonds. The average Bonchev–Trinajstić information content (AvgIpc) is 2.60. The molecule has 1 aromatic carbocycles. The molecule has 0 saturated heterocycles. The highest BCUT2D eigenvalue weighted by atomic mass is 32.2. The second-order valence-corrected chi connectivity index (χ2v) is 7.70. The molecule has 0 fully saturated rings. The van der Waals surface area contributed by atoms with E-state index in [0.29, 0.717) is 5.75 Å². The summed E-state index contributed by atoms with van der Waals surface area (Å²) >= 11 is 0. The summed E-state index contributed by atoms with van der Waals surface area (Å²) < 4.78 is 31.8. The molecular weight excluding hydrogens is 362 g/mol. The van der Waals surface area contributed by atoms with Crippen molar-refractivity contribution in [3.63, 3.8) is 0 Å². The van der Waals surface area contributed by atoms with Crippen LogP contribution in [0.25, 0.3) is 6.08 Å². The molecule has 158 valence electrons. The molecule has 0 saturated carbocycles. The Balaban J connectivity index is 0. The van der Waals surface area contributed by atoms with Crippen LogP contribution in [0, 0.1) is 0 Å². The summed E-state index contributed by atoms with van der Waals surface area (Å²) in [5, 5.41) is 0. The molecule has 1 aromatic rings. The van der Waals surface area contributed by atoms with E-state index in [-0.39, 0.29) is 14.9 Å². The van der Waals surface area contributed by atoms with Gasteiger partial charge in [0.15, 0.2) is 0 Å². The van der Waals surface area contributed by atoms with Gasteiger partial charge < -0.3 is 4.74 Å². The van der Waals surface area contributed by atoms with E-state index >= 15 is 0 Å². The van der Waals surface area contributed by atoms with Gasteiger partial charge in [-0.3, -0.25) is 0 Å². The number of hydrogen-bond donors (Lipinski definition) is 1. The molecule has 5 nitrogen and oxygen atoms in total. The summed E-state index contributed by atoms with van der Waals surface area (Å²) in [5.41, 5.74) is 2.09. The van der Waals surface area contributed by atoms with Crippen molar-refractivity contribution in [3.8, 4) is 5.75 Å².